The van der Waals surface area contributed by atoms with Gasteiger partial charge >= 0.3 is 0 Å². The molecule has 31 heavy (non-hydrogen) atoms. The van der Waals surface area contributed by atoms with Gasteiger partial charge in [-0.25, -0.2) is 0 Å². The minimum absolute atomic E-state index is 0.188. The molecule has 2 aliphatic heterocycles. The SMILES string of the molecule is C[C@H]1CC[C@@H]2N(C1)C[C@@H]1[C@@H]3C[C@@H]4[C@@H](C[C@H](O)[C@H]5C[C@@H](O)CC[C@@]45C)[C@@H]3CC[C@@H]1[C@]2(C)O. The van der Waals surface area contributed by atoms with Gasteiger partial charge in [0.2, 0.25) is 0 Å². The van der Waals surface area contributed by atoms with Crippen LogP contribution in [0.25, 0.3) is 0 Å². The van der Waals surface area contributed by atoms with Crippen LogP contribution in [-0.4, -0.2) is 57.2 Å². The maximum atomic E-state index is 11.8. The van der Waals surface area contributed by atoms with Gasteiger partial charge in [0.05, 0.1) is 17.8 Å². The third-order valence-electron chi connectivity index (χ3n) is 12.0. The van der Waals surface area contributed by atoms with Gasteiger partial charge in [-0.1, -0.05) is 13.8 Å². The lowest BCUT2D eigenvalue weighted by Gasteiger charge is -2.60. The summed E-state index contributed by atoms with van der Waals surface area (Å²) in [4.78, 5) is 2.68. The highest BCUT2D eigenvalue weighted by atomic mass is 16.3. The largest absolute Gasteiger partial charge is 0.393 e. The second-order valence-corrected chi connectivity index (χ2v) is 13.4. The Kier molecular flexibility index (Phi) is 4.94. The molecule has 0 spiro atoms. The van der Waals surface area contributed by atoms with Crippen LogP contribution in [0.15, 0.2) is 0 Å². The average molecular weight is 432 g/mol. The number of nitrogens with zero attached hydrogens (tertiary/aromatic N) is 1. The van der Waals surface area contributed by atoms with Gasteiger partial charge in [0.1, 0.15) is 0 Å². The first-order valence-corrected chi connectivity index (χ1v) is 13.5. The van der Waals surface area contributed by atoms with Crippen molar-refractivity contribution in [3.63, 3.8) is 0 Å². The molecule has 6 fully saturated rings. The summed E-state index contributed by atoms with van der Waals surface area (Å²) in [6.07, 6.45) is 9.43. The molecule has 0 amide bonds. The van der Waals surface area contributed by atoms with E-state index in [1.54, 1.807) is 0 Å². The monoisotopic (exact) mass is 431 g/mol. The zero-order valence-corrected chi connectivity index (χ0v) is 19.9. The van der Waals surface area contributed by atoms with Gasteiger partial charge in [0.25, 0.3) is 0 Å². The highest BCUT2D eigenvalue weighted by molar-refractivity contribution is 5.14. The minimum Gasteiger partial charge on any atom is -0.393 e. The number of hydrogen-bond acceptors (Lipinski definition) is 4. The Hall–Kier alpha value is -0.160. The van der Waals surface area contributed by atoms with E-state index in [-0.39, 0.29) is 23.5 Å². The molecule has 2 saturated heterocycles. The Balaban J connectivity index is 1.30. The molecular weight excluding hydrogens is 386 g/mol. The minimum atomic E-state index is -0.553. The van der Waals surface area contributed by atoms with Crippen molar-refractivity contribution < 1.29 is 15.3 Å². The van der Waals surface area contributed by atoms with Crippen molar-refractivity contribution in [3.05, 3.63) is 0 Å². The van der Waals surface area contributed by atoms with Crippen molar-refractivity contribution in [3.8, 4) is 0 Å². The molecule has 4 saturated carbocycles. The summed E-state index contributed by atoms with van der Waals surface area (Å²) in [5.74, 6) is 4.89. The van der Waals surface area contributed by atoms with E-state index in [1.165, 1.54) is 32.2 Å². The van der Waals surface area contributed by atoms with Crippen LogP contribution in [0.4, 0.5) is 0 Å². The van der Waals surface area contributed by atoms with Crippen LogP contribution >= 0.6 is 0 Å². The summed E-state index contributed by atoms with van der Waals surface area (Å²) in [5, 5.41) is 33.3. The number of rotatable bonds is 0. The van der Waals surface area contributed by atoms with Crippen molar-refractivity contribution in [1.29, 1.82) is 0 Å². The summed E-state index contributed by atoms with van der Waals surface area (Å²) in [5.41, 5.74) is -0.365. The Morgan fingerprint density at radius 3 is 2.35 bits per heavy atom. The molecule has 4 nitrogen and oxygen atoms in total. The van der Waals surface area contributed by atoms with Crippen LogP contribution in [0, 0.1) is 52.8 Å². The van der Waals surface area contributed by atoms with E-state index in [2.05, 4.69) is 25.7 Å². The van der Waals surface area contributed by atoms with Crippen LogP contribution < -0.4 is 0 Å². The molecule has 6 aliphatic rings. The molecule has 4 heteroatoms. The van der Waals surface area contributed by atoms with E-state index < -0.39 is 5.60 Å². The standard InChI is InChI=1S/C27H45NO3/c1-15-4-7-25-27(3,31)21-6-5-17-18(20(21)14-28(25)13-15)11-22-19(17)12-24(30)23-10-16(29)8-9-26(22,23)2/h15-25,29-31H,4-14H2,1-3H3/t15-,16-,17+,18+,19-,20+,21-,22+,23+,24-,25-,26-,27-/m0/s1. The molecule has 0 bridgehead atoms. The molecule has 6 rings (SSSR count). The Morgan fingerprint density at radius 1 is 0.742 bits per heavy atom. The van der Waals surface area contributed by atoms with Crippen molar-refractivity contribution in [1.82, 2.24) is 4.90 Å². The zero-order chi connectivity index (χ0) is 21.7. The van der Waals surface area contributed by atoms with Crippen LogP contribution in [0.5, 0.6) is 0 Å². The number of aliphatic hydroxyl groups is 3. The molecule has 0 unspecified atom stereocenters. The fraction of sp³-hybridized carbons (Fsp3) is 1.00. The van der Waals surface area contributed by atoms with Gasteiger partial charge in [-0.15, -0.1) is 0 Å². The van der Waals surface area contributed by atoms with E-state index in [0.717, 1.165) is 50.5 Å². The molecule has 176 valence electrons. The molecule has 13 atom stereocenters. The molecule has 2 heterocycles. The van der Waals surface area contributed by atoms with E-state index in [9.17, 15) is 15.3 Å². The summed E-state index contributed by atoms with van der Waals surface area (Å²) in [7, 11) is 0. The summed E-state index contributed by atoms with van der Waals surface area (Å²) in [6, 6.07) is 0.355. The molecular formula is C27H45NO3. The van der Waals surface area contributed by atoms with Gasteiger partial charge in [-0.3, -0.25) is 4.90 Å². The maximum absolute atomic E-state index is 11.8. The van der Waals surface area contributed by atoms with E-state index in [4.69, 9.17) is 0 Å². The van der Waals surface area contributed by atoms with Crippen molar-refractivity contribution in [2.75, 3.05) is 13.1 Å². The van der Waals surface area contributed by atoms with E-state index >= 15 is 0 Å². The van der Waals surface area contributed by atoms with Crippen molar-refractivity contribution >= 4 is 0 Å². The van der Waals surface area contributed by atoms with Gasteiger partial charge in [-0.05, 0) is 117 Å². The van der Waals surface area contributed by atoms with Crippen LogP contribution in [0.1, 0.15) is 78.6 Å². The summed E-state index contributed by atoms with van der Waals surface area (Å²) < 4.78 is 0. The molecule has 0 radical (unpaired) electrons. The smallest absolute Gasteiger partial charge is 0.0805 e. The Bertz CT molecular complexity index is 711. The predicted molar refractivity (Wildman–Crippen MR) is 121 cm³/mol. The second-order valence-electron chi connectivity index (χ2n) is 13.4. The summed E-state index contributed by atoms with van der Waals surface area (Å²) in [6.45, 7) is 9.36. The highest BCUT2D eigenvalue weighted by Gasteiger charge is 2.64. The fourth-order valence-electron chi connectivity index (χ4n) is 10.6. The van der Waals surface area contributed by atoms with Gasteiger partial charge < -0.3 is 15.3 Å². The number of fused-ring (bicyclic) bond motifs is 8. The molecule has 0 aromatic heterocycles. The van der Waals surface area contributed by atoms with E-state index in [1.807, 2.05) is 0 Å². The first-order valence-electron chi connectivity index (χ1n) is 13.5. The summed E-state index contributed by atoms with van der Waals surface area (Å²) >= 11 is 0. The van der Waals surface area contributed by atoms with Crippen molar-refractivity contribution in [2.24, 2.45) is 52.8 Å². The third kappa shape index (κ3) is 3.00. The first-order chi connectivity index (χ1) is 14.7. The van der Waals surface area contributed by atoms with Gasteiger partial charge in [0.15, 0.2) is 0 Å². The highest BCUT2D eigenvalue weighted by Crippen LogP contribution is 2.67. The quantitative estimate of drug-likeness (QED) is 0.547. The Morgan fingerprint density at radius 2 is 1.55 bits per heavy atom. The fourth-order valence-corrected chi connectivity index (χ4v) is 10.6. The van der Waals surface area contributed by atoms with Crippen LogP contribution in [0.3, 0.4) is 0 Å². The van der Waals surface area contributed by atoms with Gasteiger partial charge in [0, 0.05) is 19.1 Å². The zero-order valence-electron chi connectivity index (χ0n) is 19.9. The molecule has 3 N–H and O–H groups in total. The van der Waals surface area contributed by atoms with Crippen LogP contribution in [0.2, 0.25) is 0 Å². The lowest BCUT2D eigenvalue weighted by atomic mass is 9.51. The maximum Gasteiger partial charge on any atom is 0.0805 e. The first kappa shape index (κ1) is 21.4. The average Bonchev–Trinajstić information content (AvgIpc) is 3.09. The number of hydrogen-bond donors (Lipinski definition) is 3. The Labute approximate surface area is 188 Å². The number of piperidine rings is 2. The van der Waals surface area contributed by atoms with Crippen LogP contribution in [-0.2, 0) is 0 Å². The van der Waals surface area contributed by atoms with Gasteiger partial charge in [-0.2, -0.15) is 0 Å². The second kappa shape index (κ2) is 7.17. The predicted octanol–water partition coefficient (Wildman–Crippen LogP) is 3.68. The molecule has 0 aromatic rings. The van der Waals surface area contributed by atoms with Crippen molar-refractivity contribution in [2.45, 2.75) is 102 Å². The molecule has 4 aliphatic carbocycles. The normalized spacial score (nSPS) is 61.5. The number of aliphatic hydroxyl groups excluding tert-OH is 2. The lowest BCUT2D eigenvalue weighted by Crippen LogP contribution is -2.67. The molecule has 0 aromatic carbocycles. The third-order valence-corrected chi connectivity index (χ3v) is 12.0. The lowest BCUT2D eigenvalue weighted by molar-refractivity contribution is -0.176. The van der Waals surface area contributed by atoms with E-state index in [0.29, 0.717) is 35.6 Å². The topological polar surface area (TPSA) is 63.9 Å².